The standard InChI is InChI=1S/C18H25O3PSi/c1-3-20-23(19,21-4-2)16-15-22(17-11-7-5-8-12-17)18-13-9-6-10-14-18/h5-14,19H,3-4,15-16H2,1-2H3. The second-order valence-corrected chi connectivity index (χ2v) is 9.99. The molecule has 0 atom stereocenters. The van der Waals surface area contributed by atoms with Crippen molar-refractivity contribution in [2.24, 2.45) is 0 Å². The van der Waals surface area contributed by atoms with Gasteiger partial charge < -0.3 is 13.6 Å². The van der Waals surface area contributed by atoms with Gasteiger partial charge in [0.1, 0.15) is 0 Å². The van der Waals surface area contributed by atoms with Crippen molar-refractivity contribution in [3.63, 3.8) is 0 Å². The third-order valence-electron chi connectivity index (χ3n) is 3.53. The monoisotopic (exact) mass is 348 g/mol. The second kappa shape index (κ2) is 9.31. The van der Waals surface area contributed by atoms with Gasteiger partial charge in [0.25, 0.3) is 0 Å². The summed E-state index contributed by atoms with van der Waals surface area (Å²) < 4.78 is 11.1. The molecule has 2 aromatic carbocycles. The van der Waals surface area contributed by atoms with Gasteiger partial charge in [-0.2, -0.15) is 0 Å². The molecule has 0 aliphatic carbocycles. The molecule has 0 bridgehead atoms. The Balaban J connectivity index is 2.18. The van der Waals surface area contributed by atoms with Crippen LogP contribution in [0, 0.1) is 0 Å². The van der Waals surface area contributed by atoms with E-state index in [-0.39, 0.29) is 0 Å². The third-order valence-corrected chi connectivity index (χ3v) is 8.82. The van der Waals surface area contributed by atoms with Gasteiger partial charge in [0.05, 0.1) is 0 Å². The molecule has 1 N–H and O–H groups in total. The summed E-state index contributed by atoms with van der Waals surface area (Å²) in [6.45, 7) is 4.76. The quantitative estimate of drug-likeness (QED) is 0.559. The Morgan fingerprint density at radius 2 is 1.26 bits per heavy atom. The first-order chi connectivity index (χ1) is 11.2. The summed E-state index contributed by atoms with van der Waals surface area (Å²) in [6, 6.07) is 21.6. The summed E-state index contributed by atoms with van der Waals surface area (Å²) in [4.78, 5) is 10.7. The van der Waals surface area contributed by atoms with Crippen LogP contribution >= 0.6 is 7.92 Å². The fourth-order valence-corrected chi connectivity index (χ4v) is 7.69. The molecule has 0 aliphatic heterocycles. The molecule has 2 rings (SSSR count). The van der Waals surface area contributed by atoms with Crippen LogP contribution in [0.15, 0.2) is 60.7 Å². The summed E-state index contributed by atoms with van der Waals surface area (Å²) in [5.41, 5.74) is 0. The van der Waals surface area contributed by atoms with Crippen molar-refractivity contribution in [1.29, 1.82) is 0 Å². The van der Waals surface area contributed by atoms with E-state index in [2.05, 4.69) is 48.5 Å². The Bertz CT molecular complexity index is 519. The zero-order valence-corrected chi connectivity index (χ0v) is 15.7. The zero-order valence-electron chi connectivity index (χ0n) is 13.8. The fourth-order valence-electron chi connectivity index (χ4n) is 2.51. The van der Waals surface area contributed by atoms with Gasteiger partial charge in [-0.05, 0) is 38.5 Å². The highest BCUT2D eigenvalue weighted by Crippen LogP contribution is 2.36. The minimum atomic E-state index is -3.06. The van der Waals surface area contributed by atoms with Crippen molar-refractivity contribution in [2.45, 2.75) is 19.9 Å². The Morgan fingerprint density at radius 1 is 0.826 bits per heavy atom. The topological polar surface area (TPSA) is 38.7 Å². The summed E-state index contributed by atoms with van der Waals surface area (Å²) >= 11 is 0. The maximum Gasteiger partial charge on any atom is 0.498 e. The van der Waals surface area contributed by atoms with Gasteiger partial charge in [0.15, 0.2) is 0 Å². The van der Waals surface area contributed by atoms with Gasteiger partial charge in [-0.25, -0.2) is 0 Å². The summed E-state index contributed by atoms with van der Waals surface area (Å²) in [7, 11) is -3.58. The van der Waals surface area contributed by atoms with Crippen LogP contribution in [-0.4, -0.2) is 33.0 Å². The molecule has 3 nitrogen and oxygen atoms in total. The molecule has 0 radical (unpaired) electrons. The van der Waals surface area contributed by atoms with Crippen molar-refractivity contribution in [3.8, 4) is 0 Å². The van der Waals surface area contributed by atoms with Crippen molar-refractivity contribution in [1.82, 2.24) is 0 Å². The molecule has 0 aromatic heterocycles. The lowest BCUT2D eigenvalue weighted by Gasteiger charge is -2.26. The molecule has 0 fully saturated rings. The first-order valence-corrected chi connectivity index (χ1v) is 11.6. The Kier molecular flexibility index (Phi) is 7.41. The minimum Gasteiger partial charge on any atom is -0.390 e. The smallest absolute Gasteiger partial charge is 0.390 e. The van der Waals surface area contributed by atoms with E-state index < -0.39 is 16.7 Å². The lowest BCUT2D eigenvalue weighted by molar-refractivity contribution is 0.110. The lowest BCUT2D eigenvalue weighted by atomic mass is 10.4. The predicted molar refractivity (Wildman–Crippen MR) is 100.0 cm³/mol. The molecule has 0 saturated carbocycles. The molecule has 0 spiro atoms. The molecular weight excluding hydrogens is 323 g/mol. The van der Waals surface area contributed by atoms with Crippen LogP contribution in [0.3, 0.4) is 0 Å². The lowest BCUT2D eigenvalue weighted by Crippen LogP contribution is -2.43. The van der Waals surface area contributed by atoms with Crippen LogP contribution in [0.1, 0.15) is 13.8 Å². The number of rotatable bonds is 9. The molecule has 2 aromatic rings. The molecule has 0 aliphatic rings. The first-order valence-electron chi connectivity index (χ1n) is 8.06. The third kappa shape index (κ3) is 5.52. The normalized spacial score (nSPS) is 11.8. The molecule has 124 valence electrons. The molecule has 0 unspecified atom stereocenters. The predicted octanol–water partition coefficient (Wildman–Crippen LogP) is 3.12. The highest BCUT2D eigenvalue weighted by Gasteiger charge is 2.36. The SMILES string of the molecule is CCO[Si](O)(CCP(c1ccccc1)c1ccccc1)OCC. The number of hydrogen-bond donors (Lipinski definition) is 1. The summed E-state index contributed by atoms with van der Waals surface area (Å²) in [5, 5.41) is 2.64. The van der Waals surface area contributed by atoms with Gasteiger partial charge in [0.2, 0.25) is 0 Å². The maximum absolute atomic E-state index is 10.7. The van der Waals surface area contributed by atoms with Crippen LogP contribution in [0.25, 0.3) is 0 Å². The van der Waals surface area contributed by atoms with E-state index in [9.17, 15) is 4.80 Å². The van der Waals surface area contributed by atoms with E-state index >= 15 is 0 Å². The first kappa shape index (κ1) is 18.3. The van der Waals surface area contributed by atoms with E-state index in [0.29, 0.717) is 19.3 Å². The van der Waals surface area contributed by atoms with Gasteiger partial charge >= 0.3 is 8.80 Å². The van der Waals surface area contributed by atoms with Gasteiger partial charge in [-0.15, -0.1) is 0 Å². The fraction of sp³-hybridized carbons (Fsp3) is 0.333. The van der Waals surface area contributed by atoms with E-state index in [1.807, 2.05) is 26.0 Å². The largest absolute Gasteiger partial charge is 0.498 e. The Morgan fingerprint density at radius 3 is 1.65 bits per heavy atom. The zero-order chi connectivity index (χ0) is 16.5. The Hall–Kier alpha value is -1.03. The van der Waals surface area contributed by atoms with E-state index in [1.54, 1.807) is 0 Å². The molecule has 0 saturated heterocycles. The molecule has 5 heteroatoms. The minimum absolute atomic E-state index is 0.483. The van der Waals surface area contributed by atoms with Crippen molar-refractivity contribution >= 4 is 27.3 Å². The van der Waals surface area contributed by atoms with Crippen LogP contribution in [0.4, 0.5) is 0 Å². The van der Waals surface area contributed by atoms with Crippen molar-refractivity contribution in [2.75, 3.05) is 19.4 Å². The van der Waals surface area contributed by atoms with Gasteiger partial charge in [0, 0.05) is 19.3 Å². The maximum atomic E-state index is 10.7. The number of benzene rings is 2. The number of hydrogen-bond acceptors (Lipinski definition) is 3. The van der Waals surface area contributed by atoms with Crippen LogP contribution in [0.2, 0.25) is 6.04 Å². The van der Waals surface area contributed by atoms with Crippen molar-refractivity contribution in [3.05, 3.63) is 60.7 Å². The van der Waals surface area contributed by atoms with Gasteiger partial charge in [-0.1, -0.05) is 60.7 Å². The van der Waals surface area contributed by atoms with Crippen LogP contribution in [-0.2, 0) is 8.85 Å². The van der Waals surface area contributed by atoms with Crippen LogP contribution < -0.4 is 10.6 Å². The van der Waals surface area contributed by atoms with Crippen molar-refractivity contribution < 1.29 is 13.6 Å². The molecule has 0 amide bonds. The van der Waals surface area contributed by atoms with Gasteiger partial charge in [-0.3, -0.25) is 0 Å². The summed E-state index contributed by atoms with van der Waals surface area (Å²) in [6.07, 6.45) is 0.867. The Labute approximate surface area is 141 Å². The molecular formula is C18H25O3PSi. The molecule has 0 heterocycles. The van der Waals surface area contributed by atoms with Crippen LogP contribution in [0.5, 0.6) is 0 Å². The second-order valence-electron chi connectivity index (χ2n) is 5.15. The average Bonchev–Trinajstić information content (AvgIpc) is 2.57. The average molecular weight is 348 g/mol. The van der Waals surface area contributed by atoms with E-state index in [0.717, 1.165) is 6.16 Å². The van der Waals surface area contributed by atoms with E-state index in [4.69, 9.17) is 8.85 Å². The van der Waals surface area contributed by atoms with E-state index in [1.165, 1.54) is 10.6 Å². The molecule has 23 heavy (non-hydrogen) atoms. The summed E-state index contributed by atoms with van der Waals surface area (Å²) in [5.74, 6) is 0. The highest BCUT2D eigenvalue weighted by atomic mass is 31.1. The highest BCUT2D eigenvalue weighted by molar-refractivity contribution is 7.73.